The molecule has 164 valence electrons. The number of aliphatic imine (C=N–C) groups is 1. The molecule has 2 aromatic carbocycles. The molecule has 0 bridgehead atoms. The number of rotatable bonds is 8. The molecule has 1 saturated heterocycles. The number of benzene rings is 2. The number of guanidine groups is 1. The average Bonchev–Trinajstić information content (AvgIpc) is 3.21. The Morgan fingerprint density at radius 1 is 1.20 bits per heavy atom. The summed E-state index contributed by atoms with van der Waals surface area (Å²) in [4.78, 5) is 7.06. The van der Waals surface area contributed by atoms with E-state index in [1.807, 2.05) is 24.3 Å². The van der Waals surface area contributed by atoms with Crippen LogP contribution in [0.15, 0.2) is 53.5 Å². The highest BCUT2D eigenvalue weighted by Gasteiger charge is 2.25. The fourth-order valence-electron chi connectivity index (χ4n) is 3.50. The Hall–Kier alpha value is -2.00. The van der Waals surface area contributed by atoms with Crippen molar-refractivity contribution < 1.29 is 14.6 Å². The molecular formula is C23H32IN3O3. The number of ether oxygens (including phenoxy) is 2. The first-order valence-electron chi connectivity index (χ1n) is 10.2. The molecule has 0 radical (unpaired) electrons. The van der Waals surface area contributed by atoms with Crippen molar-refractivity contribution >= 4 is 29.9 Å². The Bertz CT molecular complexity index is 802. The van der Waals surface area contributed by atoms with E-state index in [1.165, 1.54) is 5.56 Å². The van der Waals surface area contributed by atoms with Gasteiger partial charge in [-0.1, -0.05) is 36.4 Å². The van der Waals surface area contributed by atoms with E-state index in [4.69, 9.17) is 14.5 Å². The minimum absolute atomic E-state index is 0. The van der Waals surface area contributed by atoms with Crippen LogP contribution in [0.2, 0.25) is 0 Å². The lowest BCUT2D eigenvalue weighted by Crippen LogP contribution is -2.40. The Balaban J connectivity index is 0.00000320. The van der Waals surface area contributed by atoms with Gasteiger partial charge in [0, 0.05) is 25.6 Å². The van der Waals surface area contributed by atoms with Gasteiger partial charge in [0.25, 0.3) is 0 Å². The van der Waals surface area contributed by atoms with Crippen LogP contribution in [0.25, 0.3) is 0 Å². The fraction of sp³-hybridized carbons (Fsp3) is 0.435. The Morgan fingerprint density at radius 3 is 2.70 bits per heavy atom. The number of aromatic hydroxyl groups is 1. The molecule has 0 aromatic heterocycles. The lowest BCUT2D eigenvalue weighted by Gasteiger charge is -2.21. The summed E-state index contributed by atoms with van der Waals surface area (Å²) in [6.07, 6.45) is 1.10. The third kappa shape index (κ3) is 7.05. The minimum atomic E-state index is 0. The summed E-state index contributed by atoms with van der Waals surface area (Å²) in [5.74, 6) is 2.03. The molecule has 2 N–H and O–H groups in total. The zero-order valence-electron chi connectivity index (χ0n) is 17.7. The van der Waals surface area contributed by atoms with Gasteiger partial charge in [0.2, 0.25) is 0 Å². The maximum absolute atomic E-state index is 9.96. The largest absolute Gasteiger partial charge is 0.504 e. The van der Waals surface area contributed by atoms with Crippen LogP contribution in [0.1, 0.15) is 24.5 Å². The average molecular weight is 525 g/mol. The van der Waals surface area contributed by atoms with Crippen LogP contribution >= 0.6 is 24.0 Å². The van der Waals surface area contributed by atoms with Crippen molar-refractivity contribution in [1.29, 1.82) is 0 Å². The fourth-order valence-corrected chi connectivity index (χ4v) is 3.50. The maximum atomic E-state index is 9.96. The molecule has 1 aliphatic heterocycles. The van der Waals surface area contributed by atoms with Crippen LogP contribution < -0.4 is 10.1 Å². The monoisotopic (exact) mass is 525 g/mol. The number of halogens is 1. The van der Waals surface area contributed by atoms with Gasteiger partial charge in [-0.05, 0) is 36.6 Å². The zero-order valence-corrected chi connectivity index (χ0v) is 20.0. The molecule has 2 aromatic rings. The smallest absolute Gasteiger partial charge is 0.194 e. The first-order chi connectivity index (χ1) is 14.2. The van der Waals surface area contributed by atoms with Crippen LogP contribution in [0.3, 0.4) is 0 Å². The summed E-state index contributed by atoms with van der Waals surface area (Å²) in [5.41, 5.74) is 2.15. The summed E-state index contributed by atoms with van der Waals surface area (Å²) < 4.78 is 11.0. The van der Waals surface area contributed by atoms with E-state index >= 15 is 0 Å². The van der Waals surface area contributed by atoms with Crippen LogP contribution in [-0.2, 0) is 17.9 Å². The number of phenolic OH excluding ortho intramolecular Hbond substituents is 1. The topological polar surface area (TPSA) is 66.3 Å². The van der Waals surface area contributed by atoms with E-state index in [2.05, 4.69) is 29.3 Å². The third-order valence-electron chi connectivity index (χ3n) is 5.04. The predicted octanol–water partition coefficient (Wildman–Crippen LogP) is 4.02. The Kier molecular flexibility index (Phi) is 10.2. The Labute approximate surface area is 196 Å². The predicted molar refractivity (Wildman–Crippen MR) is 131 cm³/mol. The van der Waals surface area contributed by atoms with E-state index in [1.54, 1.807) is 19.2 Å². The summed E-state index contributed by atoms with van der Waals surface area (Å²) in [6, 6.07) is 15.7. The third-order valence-corrected chi connectivity index (χ3v) is 5.04. The molecule has 3 rings (SSSR count). The Morgan fingerprint density at radius 2 is 2.00 bits per heavy atom. The second kappa shape index (κ2) is 12.6. The van der Waals surface area contributed by atoms with Crippen molar-refractivity contribution in [3.63, 3.8) is 0 Å². The highest BCUT2D eigenvalue weighted by atomic mass is 127. The molecule has 0 aliphatic carbocycles. The molecular weight excluding hydrogens is 493 g/mol. The van der Waals surface area contributed by atoms with Gasteiger partial charge in [-0.3, -0.25) is 0 Å². The van der Waals surface area contributed by atoms with E-state index in [0.717, 1.165) is 44.2 Å². The van der Waals surface area contributed by atoms with Crippen molar-refractivity contribution in [2.75, 3.05) is 33.4 Å². The summed E-state index contributed by atoms with van der Waals surface area (Å²) in [5, 5.41) is 13.3. The van der Waals surface area contributed by atoms with E-state index in [0.29, 0.717) is 24.8 Å². The van der Waals surface area contributed by atoms with Crippen molar-refractivity contribution in [2.24, 2.45) is 10.9 Å². The van der Waals surface area contributed by atoms with Crippen LogP contribution in [0.4, 0.5) is 0 Å². The molecule has 7 heteroatoms. The van der Waals surface area contributed by atoms with Crippen LogP contribution in [0, 0.1) is 5.92 Å². The van der Waals surface area contributed by atoms with E-state index in [-0.39, 0.29) is 29.7 Å². The molecule has 1 heterocycles. The van der Waals surface area contributed by atoms with Gasteiger partial charge >= 0.3 is 0 Å². The van der Waals surface area contributed by atoms with Crippen LogP contribution in [-0.4, -0.2) is 49.3 Å². The second-order valence-corrected chi connectivity index (χ2v) is 7.28. The normalized spacial score (nSPS) is 16.3. The highest BCUT2D eigenvalue weighted by Crippen LogP contribution is 2.26. The number of nitrogens with zero attached hydrogens (tertiary/aromatic N) is 2. The lowest BCUT2D eigenvalue weighted by atomic mass is 10.1. The molecule has 6 nitrogen and oxygen atoms in total. The molecule has 1 fully saturated rings. The molecule has 1 atom stereocenters. The summed E-state index contributed by atoms with van der Waals surface area (Å²) in [6.45, 7) is 6.73. The van der Waals surface area contributed by atoms with Gasteiger partial charge in [-0.2, -0.15) is 0 Å². The molecule has 1 aliphatic rings. The molecule has 30 heavy (non-hydrogen) atoms. The first kappa shape index (κ1) is 24.3. The van der Waals surface area contributed by atoms with Gasteiger partial charge in [-0.25, -0.2) is 4.99 Å². The molecule has 0 spiro atoms. The molecule has 1 unspecified atom stereocenters. The van der Waals surface area contributed by atoms with Gasteiger partial charge in [0.1, 0.15) is 0 Å². The quantitative estimate of drug-likeness (QED) is 0.310. The van der Waals surface area contributed by atoms with Crippen molar-refractivity contribution in [1.82, 2.24) is 10.2 Å². The number of hydrogen-bond donors (Lipinski definition) is 2. The zero-order chi connectivity index (χ0) is 20.5. The van der Waals surface area contributed by atoms with Gasteiger partial charge in [0.15, 0.2) is 17.5 Å². The number of nitrogens with one attached hydrogen (secondary N) is 1. The standard InChI is InChI=1S/C23H31N3O3.HI/c1-3-24-23(25-14-19-9-10-22(28-2)21(27)13-19)26-12-11-20(15-26)17-29-16-18-7-5-4-6-8-18;/h4-10,13,20,27H,3,11-12,14-17H2,1-2H3,(H,24,25);1H. The molecule has 0 saturated carbocycles. The maximum Gasteiger partial charge on any atom is 0.194 e. The molecule has 0 amide bonds. The van der Waals surface area contributed by atoms with Gasteiger partial charge in [-0.15, -0.1) is 24.0 Å². The first-order valence-corrected chi connectivity index (χ1v) is 10.2. The van der Waals surface area contributed by atoms with Crippen LogP contribution in [0.5, 0.6) is 11.5 Å². The number of hydrogen-bond acceptors (Lipinski definition) is 4. The number of phenols is 1. The van der Waals surface area contributed by atoms with Gasteiger partial charge in [0.05, 0.1) is 26.9 Å². The lowest BCUT2D eigenvalue weighted by molar-refractivity contribution is 0.0906. The van der Waals surface area contributed by atoms with E-state index < -0.39 is 0 Å². The second-order valence-electron chi connectivity index (χ2n) is 7.28. The van der Waals surface area contributed by atoms with Crippen molar-refractivity contribution in [3.05, 3.63) is 59.7 Å². The minimum Gasteiger partial charge on any atom is -0.504 e. The number of likely N-dealkylation sites (tertiary alicyclic amines) is 1. The SMILES string of the molecule is CCNC(=NCc1ccc(OC)c(O)c1)N1CCC(COCc2ccccc2)C1.I. The van der Waals surface area contributed by atoms with Crippen molar-refractivity contribution in [2.45, 2.75) is 26.5 Å². The van der Waals surface area contributed by atoms with E-state index in [9.17, 15) is 5.11 Å². The van der Waals surface area contributed by atoms with Crippen molar-refractivity contribution in [3.8, 4) is 11.5 Å². The highest BCUT2D eigenvalue weighted by molar-refractivity contribution is 14.0. The summed E-state index contributed by atoms with van der Waals surface area (Å²) in [7, 11) is 1.55. The number of methoxy groups -OCH3 is 1. The van der Waals surface area contributed by atoms with Gasteiger partial charge < -0.3 is 24.8 Å². The summed E-state index contributed by atoms with van der Waals surface area (Å²) >= 11 is 0.